The standard InChI is InChI=1S/C13H20N4OS/c1-3-14-12(18)8(2)19-13-16-15-11(9-4-5-9)17(13)10-6-7-10/h8-10H,3-7H2,1-2H3,(H,14,18). The maximum absolute atomic E-state index is 11.8. The van der Waals surface area contributed by atoms with Crippen molar-refractivity contribution in [1.29, 1.82) is 0 Å². The lowest BCUT2D eigenvalue weighted by molar-refractivity contribution is -0.120. The van der Waals surface area contributed by atoms with Crippen LogP contribution in [0.4, 0.5) is 0 Å². The molecule has 2 aliphatic carbocycles. The Bertz CT molecular complexity index is 479. The highest BCUT2D eigenvalue weighted by Crippen LogP contribution is 2.46. The van der Waals surface area contributed by atoms with E-state index < -0.39 is 0 Å². The van der Waals surface area contributed by atoms with Gasteiger partial charge >= 0.3 is 0 Å². The molecule has 2 fully saturated rings. The fourth-order valence-corrected chi connectivity index (χ4v) is 3.14. The molecular formula is C13H20N4OS. The molecule has 0 radical (unpaired) electrons. The van der Waals surface area contributed by atoms with Gasteiger partial charge in [-0.15, -0.1) is 10.2 Å². The summed E-state index contributed by atoms with van der Waals surface area (Å²) in [7, 11) is 0. The molecule has 104 valence electrons. The SMILES string of the molecule is CCNC(=O)C(C)Sc1nnc(C2CC2)n1C1CC1. The zero-order valence-electron chi connectivity index (χ0n) is 11.4. The minimum absolute atomic E-state index is 0.0748. The van der Waals surface area contributed by atoms with Crippen LogP contribution in [0.3, 0.4) is 0 Å². The van der Waals surface area contributed by atoms with Crippen molar-refractivity contribution in [3.63, 3.8) is 0 Å². The fraction of sp³-hybridized carbons (Fsp3) is 0.769. The first kappa shape index (κ1) is 13.0. The topological polar surface area (TPSA) is 59.8 Å². The van der Waals surface area contributed by atoms with E-state index in [0.29, 0.717) is 18.5 Å². The summed E-state index contributed by atoms with van der Waals surface area (Å²) < 4.78 is 2.29. The molecule has 6 heteroatoms. The third-order valence-electron chi connectivity index (χ3n) is 3.55. The quantitative estimate of drug-likeness (QED) is 0.811. The van der Waals surface area contributed by atoms with Crippen LogP contribution in [0.2, 0.25) is 0 Å². The number of amides is 1. The smallest absolute Gasteiger partial charge is 0.233 e. The largest absolute Gasteiger partial charge is 0.355 e. The average Bonchev–Trinajstić information content (AvgIpc) is 3.29. The zero-order valence-corrected chi connectivity index (χ0v) is 12.2. The lowest BCUT2D eigenvalue weighted by Crippen LogP contribution is -2.30. The van der Waals surface area contributed by atoms with E-state index >= 15 is 0 Å². The van der Waals surface area contributed by atoms with E-state index in [4.69, 9.17) is 0 Å². The van der Waals surface area contributed by atoms with Gasteiger partial charge in [0.15, 0.2) is 5.16 Å². The molecule has 2 saturated carbocycles. The second kappa shape index (κ2) is 5.15. The minimum Gasteiger partial charge on any atom is -0.355 e. The molecule has 1 amide bonds. The van der Waals surface area contributed by atoms with Crippen LogP contribution in [0, 0.1) is 0 Å². The lowest BCUT2D eigenvalue weighted by Gasteiger charge is -2.12. The van der Waals surface area contributed by atoms with Crippen LogP contribution in [0.15, 0.2) is 5.16 Å². The number of carbonyl (C=O) groups is 1. The molecule has 1 unspecified atom stereocenters. The Morgan fingerprint density at radius 3 is 2.74 bits per heavy atom. The molecule has 1 atom stereocenters. The number of thioether (sulfide) groups is 1. The molecular weight excluding hydrogens is 260 g/mol. The third kappa shape index (κ3) is 2.78. The first-order chi connectivity index (χ1) is 9.20. The highest BCUT2D eigenvalue weighted by molar-refractivity contribution is 8.00. The van der Waals surface area contributed by atoms with Crippen molar-refractivity contribution in [2.75, 3.05) is 6.54 Å². The summed E-state index contributed by atoms with van der Waals surface area (Å²) in [5.74, 6) is 1.83. The molecule has 1 aromatic heterocycles. The molecule has 5 nitrogen and oxygen atoms in total. The first-order valence-corrected chi connectivity index (χ1v) is 7.97. The number of aromatic nitrogens is 3. The van der Waals surface area contributed by atoms with E-state index in [0.717, 1.165) is 11.0 Å². The van der Waals surface area contributed by atoms with Crippen LogP contribution in [0.1, 0.15) is 57.3 Å². The summed E-state index contributed by atoms with van der Waals surface area (Å²) in [6, 6.07) is 0.578. The highest BCUT2D eigenvalue weighted by Gasteiger charge is 2.36. The van der Waals surface area contributed by atoms with E-state index in [1.165, 1.54) is 37.4 Å². The predicted octanol–water partition coefficient (Wildman–Crippen LogP) is 2.11. The monoisotopic (exact) mass is 280 g/mol. The number of nitrogens with zero attached hydrogens (tertiary/aromatic N) is 3. The number of hydrogen-bond acceptors (Lipinski definition) is 4. The molecule has 1 aromatic rings. The fourth-order valence-electron chi connectivity index (χ4n) is 2.19. The molecule has 0 saturated heterocycles. The van der Waals surface area contributed by atoms with Crippen molar-refractivity contribution in [1.82, 2.24) is 20.1 Å². The Hall–Kier alpha value is -1.04. The highest BCUT2D eigenvalue weighted by atomic mass is 32.2. The van der Waals surface area contributed by atoms with Crippen LogP contribution in [-0.2, 0) is 4.79 Å². The Morgan fingerprint density at radius 1 is 1.42 bits per heavy atom. The molecule has 1 heterocycles. The van der Waals surface area contributed by atoms with E-state index in [9.17, 15) is 4.79 Å². The van der Waals surface area contributed by atoms with Gasteiger partial charge in [-0.05, 0) is 39.5 Å². The Labute approximate surface area is 117 Å². The summed E-state index contributed by atoms with van der Waals surface area (Å²) >= 11 is 1.53. The zero-order chi connectivity index (χ0) is 13.4. The molecule has 3 rings (SSSR count). The van der Waals surface area contributed by atoms with Crippen LogP contribution < -0.4 is 5.32 Å². The van der Waals surface area contributed by atoms with Gasteiger partial charge in [-0.1, -0.05) is 11.8 Å². The van der Waals surface area contributed by atoms with Crippen LogP contribution >= 0.6 is 11.8 Å². The van der Waals surface area contributed by atoms with Gasteiger partial charge in [0.05, 0.1) is 5.25 Å². The second-order valence-electron chi connectivity index (χ2n) is 5.37. The van der Waals surface area contributed by atoms with E-state index in [-0.39, 0.29) is 11.2 Å². The van der Waals surface area contributed by atoms with Crippen molar-refractivity contribution in [2.45, 2.75) is 61.9 Å². The second-order valence-corrected chi connectivity index (χ2v) is 6.68. The molecule has 0 bridgehead atoms. The molecule has 2 aliphatic rings. The van der Waals surface area contributed by atoms with Crippen LogP contribution in [-0.4, -0.2) is 32.5 Å². The van der Waals surface area contributed by atoms with Gasteiger partial charge in [0.1, 0.15) is 5.82 Å². The van der Waals surface area contributed by atoms with Gasteiger partial charge in [-0.3, -0.25) is 4.79 Å². The third-order valence-corrected chi connectivity index (χ3v) is 4.60. The maximum atomic E-state index is 11.8. The van der Waals surface area contributed by atoms with E-state index in [2.05, 4.69) is 20.1 Å². The summed E-state index contributed by atoms with van der Waals surface area (Å²) in [4.78, 5) is 11.8. The van der Waals surface area contributed by atoms with Crippen molar-refractivity contribution in [3.8, 4) is 0 Å². The number of carbonyl (C=O) groups excluding carboxylic acids is 1. The van der Waals surface area contributed by atoms with Crippen molar-refractivity contribution in [2.24, 2.45) is 0 Å². The predicted molar refractivity (Wildman–Crippen MR) is 74.3 cm³/mol. The normalized spacial score (nSPS) is 20.3. The van der Waals surface area contributed by atoms with Gasteiger partial charge in [0.2, 0.25) is 5.91 Å². The van der Waals surface area contributed by atoms with E-state index in [1.54, 1.807) is 0 Å². The van der Waals surface area contributed by atoms with Gasteiger partial charge in [-0.2, -0.15) is 0 Å². The van der Waals surface area contributed by atoms with Gasteiger partial charge in [-0.25, -0.2) is 0 Å². The Kier molecular flexibility index (Phi) is 3.52. The summed E-state index contributed by atoms with van der Waals surface area (Å²) in [6.45, 7) is 4.54. The van der Waals surface area contributed by atoms with Gasteiger partial charge < -0.3 is 9.88 Å². The minimum atomic E-state index is -0.117. The number of rotatable bonds is 6. The lowest BCUT2D eigenvalue weighted by atomic mass is 10.4. The van der Waals surface area contributed by atoms with Crippen molar-refractivity contribution in [3.05, 3.63) is 5.82 Å². The molecule has 0 spiro atoms. The summed E-state index contributed by atoms with van der Waals surface area (Å²) in [5, 5.41) is 12.3. The molecule has 19 heavy (non-hydrogen) atoms. The van der Waals surface area contributed by atoms with Crippen LogP contribution in [0.5, 0.6) is 0 Å². The van der Waals surface area contributed by atoms with E-state index in [1.807, 2.05) is 13.8 Å². The average molecular weight is 280 g/mol. The van der Waals surface area contributed by atoms with Crippen LogP contribution in [0.25, 0.3) is 0 Å². The Balaban J connectivity index is 1.75. The Morgan fingerprint density at radius 2 is 2.16 bits per heavy atom. The van der Waals surface area contributed by atoms with Crippen molar-refractivity contribution < 1.29 is 4.79 Å². The van der Waals surface area contributed by atoms with Gasteiger partial charge in [0, 0.05) is 18.5 Å². The van der Waals surface area contributed by atoms with Gasteiger partial charge in [0.25, 0.3) is 0 Å². The van der Waals surface area contributed by atoms with Crippen molar-refractivity contribution >= 4 is 17.7 Å². The number of hydrogen-bond donors (Lipinski definition) is 1. The molecule has 1 N–H and O–H groups in total. The molecule has 0 aromatic carbocycles. The summed E-state index contributed by atoms with van der Waals surface area (Å²) in [6.07, 6.45) is 4.92. The summed E-state index contributed by atoms with van der Waals surface area (Å²) in [5.41, 5.74) is 0. The number of nitrogens with one attached hydrogen (secondary N) is 1. The maximum Gasteiger partial charge on any atom is 0.233 e. The molecule has 0 aliphatic heterocycles. The first-order valence-electron chi connectivity index (χ1n) is 7.09.